The first-order valence-corrected chi connectivity index (χ1v) is 10.7. The summed E-state index contributed by atoms with van der Waals surface area (Å²) in [6, 6.07) is 2.98. The van der Waals surface area contributed by atoms with Gasteiger partial charge in [0.2, 0.25) is 5.88 Å². The number of halogens is 2. The van der Waals surface area contributed by atoms with Crippen molar-refractivity contribution >= 4 is 46.1 Å². The van der Waals surface area contributed by atoms with E-state index < -0.39 is 23.6 Å². The molecule has 3 heterocycles. The number of aromatic nitrogens is 2. The van der Waals surface area contributed by atoms with Gasteiger partial charge in [0.05, 0.1) is 11.6 Å². The van der Waals surface area contributed by atoms with Crippen molar-refractivity contribution in [3.63, 3.8) is 0 Å². The molecule has 0 saturated carbocycles. The van der Waals surface area contributed by atoms with Gasteiger partial charge in [0.1, 0.15) is 29.5 Å². The van der Waals surface area contributed by atoms with Crippen LogP contribution in [0, 0.1) is 12.7 Å². The first-order chi connectivity index (χ1) is 16.0. The molecule has 0 radical (unpaired) electrons. The maximum Gasteiger partial charge on any atom is 0.415 e. The number of benzene rings is 1. The third-order valence-corrected chi connectivity index (χ3v) is 5.51. The fourth-order valence-corrected chi connectivity index (χ4v) is 3.97. The van der Waals surface area contributed by atoms with Gasteiger partial charge < -0.3 is 14.6 Å². The van der Waals surface area contributed by atoms with Crippen molar-refractivity contribution in [1.29, 1.82) is 0 Å². The summed E-state index contributed by atoms with van der Waals surface area (Å²) >= 11 is 6.31. The molecule has 178 valence electrons. The van der Waals surface area contributed by atoms with E-state index in [2.05, 4.69) is 15.3 Å². The van der Waals surface area contributed by atoms with Gasteiger partial charge in [0.15, 0.2) is 0 Å². The van der Waals surface area contributed by atoms with E-state index in [4.69, 9.17) is 26.2 Å². The standard InChI is InChI=1S/C23H22ClFN4O5/c1-11-14(9-27-20-19(11)29(5-6-33-20)22(32)34-23(2,3)4)13-7-12-8-16(28-21(30)31)26-10-15(12)17(24)18(13)25/h7-10H,5-6H2,1-4H3,(H,26,28)(H,30,31). The van der Waals surface area contributed by atoms with Gasteiger partial charge in [-0.15, -0.1) is 0 Å². The number of rotatable bonds is 2. The van der Waals surface area contributed by atoms with Crippen LogP contribution in [0.3, 0.4) is 0 Å². The molecule has 0 fully saturated rings. The van der Waals surface area contributed by atoms with Crippen LogP contribution in [0.4, 0.5) is 25.5 Å². The highest BCUT2D eigenvalue weighted by Crippen LogP contribution is 2.42. The quantitative estimate of drug-likeness (QED) is 0.481. The zero-order valence-corrected chi connectivity index (χ0v) is 19.7. The van der Waals surface area contributed by atoms with E-state index in [1.807, 2.05) is 0 Å². The average molecular weight is 489 g/mol. The average Bonchev–Trinajstić information content (AvgIpc) is 2.75. The third-order valence-electron chi connectivity index (χ3n) is 5.14. The topological polar surface area (TPSA) is 114 Å². The van der Waals surface area contributed by atoms with E-state index in [-0.39, 0.29) is 35.4 Å². The second-order valence-corrected chi connectivity index (χ2v) is 9.08. The van der Waals surface area contributed by atoms with E-state index in [0.29, 0.717) is 27.6 Å². The molecule has 0 unspecified atom stereocenters. The molecule has 9 nitrogen and oxygen atoms in total. The van der Waals surface area contributed by atoms with Crippen molar-refractivity contribution in [1.82, 2.24) is 9.97 Å². The number of fused-ring (bicyclic) bond motifs is 2. The summed E-state index contributed by atoms with van der Waals surface area (Å²) in [6.07, 6.45) is 0.903. The molecule has 1 aliphatic heterocycles. The zero-order valence-electron chi connectivity index (χ0n) is 18.9. The Morgan fingerprint density at radius 1 is 1.24 bits per heavy atom. The van der Waals surface area contributed by atoms with Gasteiger partial charge >= 0.3 is 12.2 Å². The fraction of sp³-hybridized carbons (Fsp3) is 0.304. The van der Waals surface area contributed by atoms with Crippen LogP contribution in [0.25, 0.3) is 21.9 Å². The molecule has 1 aliphatic rings. The van der Waals surface area contributed by atoms with Gasteiger partial charge in [-0.1, -0.05) is 11.6 Å². The summed E-state index contributed by atoms with van der Waals surface area (Å²) in [6.45, 7) is 7.50. The lowest BCUT2D eigenvalue weighted by Gasteiger charge is -2.32. The zero-order chi connectivity index (χ0) is 24.8. The van der Waals surface area contributed by atoms with E-state index in [1.165, 1.54) is 29.4 Å². The molecule has 0 aliphatic carbocycles. The summed E-state index contributed by atoms with van der Waals surface area (Å²) in [4.78, 5) is 33.5. The minimum Gasteiger partial charge on any atom is -0.474 e. The van der Waals surface area contributed by atoms with E-state index in [9.17, 15) is 9.59 Å². The van der Waals surface area contributed by atoms with Crippen molar-refractivity contribution in [2.24, 2.45) is 0 Å². The van der Waals surface area contributed by atoms with Crippen molar-refractivity contribution in [3.05, 3.63) is 40.9 Å². The SMILES string of the molecule is Cc1c(-c2cc3cc(NC(=O)O)ncc3c(Cl)c2F)cnc2c1N(C(=O)OC(C)(C)C)CCO2. The molecule has 0 spiro atoms. The Morgan fingerprint density at radius 3 is 2.65 bits per heavy atom. The number of pyridine rings is 2. The van der Waals surface area contributed by atoms with Crippen molar-refractivity contribution < 1.29 is 28.6 Å². The van der Waals surface area contributed by atoms with Gasteiger partial charge in [0, 0.05) is 28.9 Å². The summed E-state index contributed by atoms with van der Waals surface area (Å²) < 4.78 is 26.5. The van der Waals surface area contributed by atoms with Crippen molar-refractivity contribution in [2.75, 3.05) is 23.4 Å². The number of carbonyl (C=O) groups is 2. The second kappa shape index (κ2) is 8.60. The van der Waals surface area contributed by atoms with E-state index in [0.717, 1.165) is 0 Å². The Morgan fingerprint density at radius 2 is 1.97 bits per heavy atom. The number of carboxylic acid groups (broad SMARTS) is 1. The Hall–Kier alpha value is -3.66. The van der Waals surface area contributed by atoms with Crippen molar-refractivity contribution in [3.8, 4) is 17.0 Å². The molecule has 34 heavy (non-hydrogen) atoms. The van der Waals surface area contributed by atoms with Crippen LogP contribution in [0.15, 0.2) is 24.5 Å². The number of hydrogen-bond acceptors (Lipinski definition) is 6. The Labute approximate surface area is 199 Å². The van der Waals surface area contributed by atoms with E-state index in [1.54, 1.807) is 27.7 Å². The van der Waals surface area contributed by atoms with Crippen LogP contribution in [-0.4, -0.2) is 46.0 Å². The molecule has 3 aromatic rings. The number of carbonyl (C=O) groups excluding carboxylic acids is 1. The molecule has 2 aromatic heterocycles. The Bertz CT molecular complexity index is 1330. The molecule has 2 amide bonds. The summed E-state index contributed by atoms with van der Waals surface area (Å²) in [5.41, 5.74) is 0.748. The second-order valence-electron chi connectivity index (χ2n) is 8.70. The molecule has 0 bridgehead atoms. The van der Waals surface area contributed by atoms with Crippen LogP contribution in [0.1, 0.15) is 26.3 Å². The monoisotopic (exact) mass is 488 g/mol. The Kier molecular flexibility index (Phi) is 5.94. The maximum absolute atomic E-state index is 15.4. The molecule has 0 atom stereocenters. The van der Waals surface area contributed by atoms with Crippen LogP contribution in [0.2, 0.25) is 5.02 Å². The number of ether oxygens (including phenoxy) is 2. The molecular formula is C23H22ClFN4O5. The molecule has 1 aromatic carbocycles. The van der Waals surface area contributed by atoms with Crippen LogP contribution < -0.4 is 15.0 Å². The molecule has 0 saturated heterocycles. The lowest BCUT2D eigenvalue weighted by molar-refractivity contribution is 0.0566. The first kappa shape index (κ1) is 23.5. The lowest BCUT2D eigenvalue weighted by Crippen LogP contribution is -2.42. The highest BCUT2D eigenvalue weighted by Gasteiger charge is 2.32. The molecule has 4 rings (SSSR count). The van der Waals surface area contributed by atoms with Gasteiger partial charge in [-0.05, 0) is 50.8 Å². The van der Waals surface area contributed by atoms with Gasteiger partial charge in [-0.3, -0.25) is 10.2 Å². The minimum absolute atomic E-state index is 0.0680. The summed E-state index contributed by atoms with van der Waals surface area (Å²) in [5.74, 6) is -0.387. The number of amides is 2. The number of nitrogens with one attached hydrogen (secondary N) is 1. The number of anilines is 2. The molecule has 2 N–H and O–H groups in total. The minimum atomic E-state index is -1.28. The first-order valence-electron chi connectivity index (χ1n) is 10.4. The number of nitrogens with zero attached hydrogens (tertiary/aromatic N) is 3. The summed E-state index contributed by atoms with van der Waals surface area (Å²) in [7, 11) is 0. The lowest BCUT2D eigenvalue weighted by atomic mass is 9.97. The van der Waals surface area contributed by atoms with Gasteiger partial charge in [-0.2, -0.15) is 0 Å². The maximum atomic E-state index is 15.4. The van der Waals surface area contributed by atoms with Crippen LogP contribution >= 0.6 is 11.6 Å². The van der Waals surface area contributed by atoms with Crippen LogP contribution in [-0.2, 0) is 4.74 Å². The predicted molar refractivity (Wildman–Crippen MR) is 125 cm³/mol. The van der Waals surface area contributed by atoms with Crippen molar-refractivity contribution in [2.45, 2.75) is 33.3 Å². The molecular weight excluding hydrogens is 467 g/mol. The fourth-order valence-electron chi connectivity index (χ4n) is 3.71. The normalized spacial score (nSPS) is 13.3. The highest BCUT2D eigenvalue weighted by atomic mass is 35.5. The smallest absolute Gasteiger partial charge is 0.415 e. The highest BCUT2D eigenvalue weighted by molar-refractivity contribution is 6.36. The third kappa shape index (κ3) is 4.41. The van der Waals surface area contributed by atoms with Crippen LogP contribution in [0.5, 0.6) is 5.88 Å². The summed E-state index contributed by atoms with van der Waals surface area (Å²) in [5, 5.41) is 11.7. The van der Waals surface area contributed by atoms with Gasteiger partial charge in [0.25, 0.3) is 0 Å². The molecule has 11 heteroatoms. The van der Waals surface area contributed by atoms with E-state index >= 15 is 4.39 Å². The predicted octanol–water partition coefficient (Wildman–Crippen LogP) is 5.62. The van der Waals surface area contributed by atoms with Gasteiger partial charge in [-0.25, -0.2) is 23.9 Å². The largest absolute Gasteiger partial charge is 0.474 e. The Balaban J connectivity index is 1.86. The number of hydrogen-bond donors (Lipinski definition) is 2.